The highest BCUT2D eigenvalue weighted by molar-refractivity contribution is 5.32. The van der Waals surface area contributed by atoms with Gasteiger partial charge >= 0.3 is 0 Å². The van der Waals surface area contributed by atoms with Crippen molar-refractivity contribution in [2.75, 3.05) is 13.2 Å². The molecular weight excluding hydrogens is 304 g/mol. The van der Waals surface area contributed by atoms with Crippen LogP contribution in [0.4, 0.5) is 0 Å². The fraction of sp³-hybridized carbons (Fsp3) is 0.700. The number of benzene rings is 1. The van der Waals surface area contributed by atoms with Crippen LogP contribution in [-0.4, -0.2) is 39.7 Å². The lowest BCUT2D eigenvalue weighted by atomic mass is 9.53. The Morgan fingerprint density at radius 1 is 0.875 bits per heavy atom. The second-order valence-electron chi connectivity index (χ2n) is 9.07. The van der Waals surface area contributed by atoms with Gasteiger partial charge in [-0.2, -0.15) is 0 Å². The highest BCUT2D eigenvalue weighted by atomic mass is 16.3. The number of hydrogen-bond acceptors (Lipinski definition) is 4. The monoisotopic (exact) mass is 338 g/mol. The Balaban J connectivity index is 3.76. The molecule has 0 heterocycles. The van der Waals surface area contributed by atoms with Gasteiger partial charge in [-0.05, 0) is 23.3 Å². The van der Waals surface area contributed by atoms with Gasteiger partial charge in [-0.1, -0.05) is 71.4 Å². The first-order valence-corrected chi connectivity index (χ1v) is 8.47. The second kappa shape index (κ2) is 6.75. The van der Waals surface area contributed by atoms with Gasteiger partial charge in [-0.25, -0.2) is 0 Å². The zero-order valence-corrected chi connectivity index (χ0v) is 16.1. The molecule has 1 rings (SSSR count). The molecular formula is C20H34O4. The lowest BCUT2D eigenvalue weighted by molar-refractivity contribution is -0.251. The average molecular weight is 338 g/mol. The average Bonchev–Trinajstić information content (AvgIpc) is 2.47. The van der Waals surface area contributed by atoms with E-state index in [1.807, 2.05) is 60.6 Å². The van der Waals surface area contributed by atoms with Crippen LogP contribution in [0.3, 0.4) is 0 Å². The highest BCUT2D eigenvalue weighted by Crippen LogP contribution is 2.55. The summed E-state index contributed by atoms with van der Waals surface area (Å²) in [6, 6.07) is 7.37. The Kier molecular flexibility index (Phi) is 5.94. The zero-order chi connectivity index (χ0) is 19.0. The number of aliphatic hydroxyl groups is 4. The normalized spacial score (nSPS) is 17.5. The maximum atomic E-state index is 11.9. The molecule has 4 nitrogen and oxygen atoms in total. The van der Waals surface area contributed by atoms with Gasteiger partial charge in [0.05, 0.1) is 24.7 Å². The molecule has 0 aliphatic rings. The molecule has 0 radical (unpaired) electrons. The molecule has 0 spiro atoms. The van der Waals surface area contributed by atoms with Crippen molar-refractivity contribution in [3.05, 3.63) is 35.4 Å². The molecule has 0 bridgehead atoms. The van der Waals surface area contributed by atoms with E-state index in [2.05, 4.69) is 0 Å². The second-order valence-corrected chi connectivity index (χ2v) is 9.07. The number of hydrogen-bond donors (Lipinski definition) is 4. The summed E-state index contributed by atoms with van der Waals surface area (Å²) in [5, 5.41) is 43.4. The number of rotatable bonds is 5. The Labute approximate surface area is 146 Å². The van der Waals surface area contributed by atoms with Crippen molar-refractivity contribution >= 4 is 0 Å². The molecule has 0 saturated heterocycles. The minimum atomic E-state index is -1.64. The van der Waals surface area contributed by atoms with Crippen molar-refractivity contribution in [1.29, 1.82) is 0 Å². The van der Waals surface area contributed by atoms with E-state index in [4.69, 9.17) is 0 Å². The van der Waals surface area contributed by atoms with Gasteiger partial charge in [-0.3, -0.25) is 0 Å². The predicted molar refractivity (Wildman–Crippen MR) is 96.6 cm³/mol. The molecule has 138 valence electrons. The van der Waals surface area contributed by atoms with Crippen molar-refractivity contribution in [3.8, 4) is 0 Å². The molecule has 1 aromatic rings. The van der Waals surface area contributed by atoms with E-state index in [-0.39, 0.29) is 0 Å². The molecule has 2 atom stereocenters. The lowest BCUT2D eigenvalue weighted by Gasteiger charge is -2.57. The molecule has 0 amide bonds. The molecule has 0 aromatic heterocycles. The highest BCUT2D eigenvalue weighted by Gasteiger charge is 2.62. The summed E-state index contributed by atoms with van der Waals surface area (Å²) in [5.41, 5.74) is -2.89. The standard InChI is InChI=1S/C20H34O4/c1-14-8-10-15(11-9-14)20(24,18(5,6)7)19(12-21,13-22)16(23)17(2,3)4/h8-11,16,21-24H,12-13H2,1-7H3. The summed E-state index contributed by atoms with van der Waals surface area (Å²) in [5.74, 6) is 0. The summed E-state index contributed by atoms with van der Waals surface area (Å²) in [4.78, 5) is 0. The van der Waals surface area contributed by atoms with Crippen molar-refractivity contribution in [3.63, 3.8) is 0 Å². The Bertz CT molecular complexity index is 532. The van der Waals surface area contributed by atoms with Crippen LogP contribution in [0, 0.1) is 23.2 Å². The SMILES string of the molecule is Cc1ccc(C(O)(C(C)(C)C)C(CO)(CO)C(O)C(C)(C)C)cc1. The van der Waals surface area contributed by atoms with Crippen LogP contribution in [0.1, 0.15) is 52.7 Å². The summed E-state index contributed by atoms with van der Waals surface area (Å²) in [6.07, 6.45) is -1.12. The fourth-order valence-electron chi connectivity index (χ4n) is 3.74. The molecule has 2 unspecified atom stereocenters. The third kappa shape index (κ3) is 3.25. The van der Waals surface area contributed by atoms with Gasteiger partial charge in [0.2, 0.25) is 0 Å². The van der Waals surface area contributed by atoms with E-state index in [1.165, 1.54) is 0 Å². The summed E-state index contributed by atoms with van der Waals surface area (Å²) in [7, 11) is 0. The smallest absolute Gasteiger partial charge is 0.107 e. The van der Waals surface area contributed by atoms with E-state index < -0.39 is 41.2 Å². The van der Waals surface area contributed by atoms with Crippen molar-refractivity contribution in [2.24, 2.45) is 16.2 Å². The molecule has 4 heteroatoms. The Morgan fingerprint density at radius 3 is 1.58 bits per heavy atom. The van der Waals surface area contributed by atoms with Gasteiger partial charge < -0.3 is 20.4 Å². The minimum Gasteiger partial charge on any atom is -0.395 e. The van der Waals surface area contributed by atoms with Crippen LogP contribution in [0.5, 0.6) is 0 Å². The molecule has 1 aromatic carbocycles. The van der Waals surface area contributed by atoms with E-state index in [9.17, 15) is 20.4 Å². The van der Waals surface area contributed by atoms with E-state index in [1.54, 1.807) is 12.1 Å². The summed E-state index contributed by atoms with van der Waals surface area (Å²) < 4.78 is 0. The first-order valence-electron chi connectivity index (χ1n) is 8.47. The summed E-state index contributed by atoms with van der Waals surface area (Å²) in [6.45, 7) is 11.9. The van der Waals surface area contributed by atoms with E-state index in [0.717, 1.165) is 5.56 Å². The molecule has 0 fully saturated rings. The number of aliphatic hydroxyl groups excluding tert-OH is 3. The van der Waals surface area contributed by atoms with Gasteiger partial charge in [0.25, 0.3) is 0 Å². The van der Waals surface area contributed by atoms with Crippen LogP contribution < -0.4 is 0 Å². The third-order valence-electron chi connectivity index (χ3n) is 5.18. The largest absolute Gasteiger partial charge is 0.395 e. The Morgan fingerprint density at radius 2 is 1.29 bits per heavy atom. The third-order valence-corrected chi connectivity index (χ3v) is 5.18. The molecule has 0 aliphatic carbocycles. The van der Waals surface area contributed by atoms with Crippen LogP contribution in [0.25, 0.3) is 0 Å². The first kappa shape index (κ1) is 21.1. The summed E-state index contributed by atoms with van der Waals surface area (Å²) >= 11 is 0. The van der Waals surface area contributed by atoms with Crippen LogP contribution in [0.2, 0.25) is 0 Å². The van der Waals surface area contributed by atoms with Crippen molar-refractivity contribution in [2.45, 2.75) is 60.2 Å². The maximum absolute atomic E-state index is 11.9. The first-order chi connectivity index (χ1) is 10.8. The maximum Gasteiger partial charge on any atom is 0.107 e. The van der Waals surface area contributed by atoms with E-state index in [0.29, 0.717) is 5.56 Å². The predicted octanol–water partition coefficient (Wildman–Crippen LogP) is 2.61. The minimum absolute atomic E-state index is 0.538. The molecule has 4 N–H and O–H groups in total. The quantitative estimate of drug-likeness (QED) is 0.665. The van der Waals surface area contributed by atoms with Crippen LogP contribution in [0.15, 0.2) is 24.3 Å². The molecule has 0 aliphatic heterocycles. The van der Waals surface area contributed by atoms with Gasteiger partial charge in [0.15, 0.2) is 0 Å². The van der Waals surface area contributed by atoms with Crippen LogP contribution in [-0.2, 0) is 5.60 Å². The topological polar surface area (TPSA) is 80.9 Å². The lowest BCUT2D eigenvalue weighted by Crippen LogP contribution is -2.65. The zero-order valence-electron chi connectivity index (χ0n) is 16.1. The molecule has 0 saturated carbocycles. The van der Waals surface area contributed by atoms with Crippen LogP contribution >= 0.6 is 0 Å². The van der Waals surface area contributed by atoms with Gasteiger partial charge in [-0.15, -0.1) is 0 Å². The fourth-order valence-corrected chi connectivity index (χ4v) is 3.74. The van der Waals surface area contributed by atoms with Gasteiger partial charge in [0.1, 0.15) is 5.60 Å². The Hall–Kier alpha value is -0.940. The van der Waals surface area contributed by atoms with Crippen molar-refractivity contribution < 1.29 is 20.4 Å². The molecule has 24 heavy (non-hydrogen) atoms. The van der Waals surface area contributed by atoms with Gasteiger partial charge in [0, 0.05) is 0 Å². The van der Waals surface area contributed by atoms with E-state index >= 15 is 0 Å². The van der Waals surface area contributed by atoms with Crippen molar-refractivity contribution in [1.82, 2.24) is 0 Å². The number of aryl methyl sites for hydroxylation is 1.